The molecule has 238 valence electrons. The van der Waals surface area contributed by atoms with Crippen molar-refractivity contribution in [3.63, 3.8) is 0 Å². The number of rotatable bonds is 4. The molecule has 4 aromatic heterocycles. The van der Waals surface area contributed by atoms with Gasteiger partial charge in [0.2, 0.25) is 0 Å². The van der Waals surface area contributed by atoms with Gasteiger partial charge >= 0.3 is 0 Å². The molecule has 4 heterocycles. The number of furan rings is 1. The standard InChI is InChI=1S/C45H26N4OS/c1-2-11-27(12-3-1)43-46-44(48-45(47-43)35-16-10-20-41-42(35)34-15-6-9-19-40(34)51-41)28-21-23-32-33-24-22-29(26-39(33)50-38(32)25-28)49-36-17-7-4-13-30(36)31-14-5-8-18-37(31)49/h1-26H/i1D,2D,3D,11D,12D. The Hall–Kier alpha value is -6.63. The van der Waals surface area contributed by atoms with Crippen LogP contribution in [0.1, 0.15) is 6.85 Å². The SMILES string of the molecule is [2H]c1c([2H])c([2H])c(-c2nc(-c3ccc4c(c3)oc3cc(-n5c6ccccc6c6ccccc65)ccc34)nc(-c3cccc4sc5ccccc5c34)n2)c([2H])c1[2H]. The second-order valence-corrected chi connectivity index (χ2v) is 13.5. The van der Waals surface area contributed by atoms with Gasteiger partial charge in [0.1, 0.15) is 11.2 Å². The van der Waals surface area contributed by atoms with Gasteiger partial charge in [0.25, 0.3) is 0 Å². The third kappa shape index (κ3) is 4.37. The van der Waals surface area contributed by atoms with E-state index >= 15 is 0 Å². The van der Waals surface area contributed by atoms with Gasteiger partial charge in [0, 0.05) is 70.2 Å². The maximum Gasteiger partial charge on any atom is 0.164 e. The molecule has 11 aromatic rings. The van der Waals surface area contributed by atoms with Crippen molar-refractivity contribution in [1.29, 1.82) is 0 Å². The fourth-order valence-electron chi connectivity index (χ4n) is 7.30. The first-order chi connectivity index (χ1) is 27.3. The van der Waals surface area contributed by atoms with Crippen LogP contribution in [0.4, 0.5) is 0 Å². The Kier molecular flexibility index (Phi) is 5.08. The van der Waals surface area contributed by atoms with Crippen molar-refractivity contribution < 1.29 is 11.3 Å². The first-order valence-corrected chi connectivity index (χ1v) is 17.3. The molecule has 0 aliphatic heterocycles. The summed E-state index contributed by atoms with van der Waals surface area (Å²) in [6.45, 7) is 0. The first kappa shape index (κ1) is 23.7. The van der Waals surface area contributed by atoms with Gasteiger partial charge in [-0.25, -0.2) is 15.0 Å². The van der Waals surface area contributed by atoms with Crippen LogP contribution >= 0.6 is 11.3 Å². The molecule has 0 aliphatic rings. The highest BCUT2D eigenvalue weighted by molar-refractivity contribution is 7.25. The van der Waals surface area contributed by atoms with Crippen LogP contribution in [0, 0.1) is 0 Å². The van der Waals surface area contributed by atoms with Crippen molar-refractivity contribution in [2.75, 3.05) is 0 Å². The molecule has 0 bridgehead atoms. The lowest BCUT2D eigenvalue weighted by atomic mass is 10.1. The molecular formula is C45H26N4OS. The van der Waals surface area contributed by atoms with Gasteiger partial charge in [-0.05, 0) is 48.5 Å². The van der Waals surface area contributed by atoms with E-state index in [1.165, 1.54) is 10.8 Å². The van der Waals surface area contributed by atoms with E-state index in [4.69, 9.17) is 26.2 Å². The molecule has 0 unspecified atom stereocenters. The number of hydrogen-bond acceptors (Lipinski definition) is 5. The molecule has 0 saturated carbocycles. The Labute approximate surface area is 302 Å². The number of hydrogen-bond donors (Lipinski definition) is 0. The van der Waals surface area contributed by atoms with E-state index in [0.29, 0.717) is 17.0 Å². The zero-order chi connectivity index (χ0) is 37.8. The van der Waals surface area contributed by atoms with Crippen molar-refractivity contribution in [1.82, 2.24) is 19.5 Å². The van der Waals surface area contributed by atoms with Gasteiger partial charge in [-0.1, -0.05) is 103 Å². The summed E-state index contributed by atoms with van der Waals surface area (Å²) >= 11 is 1.67. The van der Waals surface area contributed by atoms with Crippen molar-refractivity contribution in [2.45, 2.75) is 0 Å². The molecule has 0 radical (unpaired) electrons. The lowest BCUT2D eigenvalue weighted by molar-refractivity contribution is 0.668. The number of nitrogens with zero attached hydrogens (tertiary/aromatic N) is 4. The van der Waals surface area contributed by atoms with E-state index in [1.54, 1.807) is 11.3 Å². The Bertz CT molecular complexity index is 3380. The minimum absolute atomic E-state index is 0.0148. The zero-order valence-electron chi connectivity index (χ0n) is 31.7. The second kappa shape index (κ2) is 10.9. The number of para-hydroxylation sites is 2. The van der Waals surface area contributed by atoms with Crippen molar-refractivity contribution in [2.24, 2.45) is 0 Å². The smallest absolute Gasteiger partial charge is 0.164 e. The van der Waals surface area contributed by atoms with Gasteiger partial charge in [0.15, 0.2) is 17.5 Å². The van der Waals surface area contributed by atoms with Gasteiger partial charge in [-0.15, -0.1) is 11.3 Å². The lowest BCUT2D eigenvalue weighted by Gasteiger charge is -2.09. The topological polar surface area (TPSA) is 56.7 Å². The van der Waals surface area contributed by atoms with E-state index < -0.39 is 18.1 Å². The molecule has 0 saturated heterocycles. The Balaban J connectivity index is 1.11. The summed E-state index contributed by atoms with van der Waals surface area (Å²) in [5.74, 6) is 0.590. The molecule has 0 aliphatic carbocycles. The first-order valence-electron chi connectivity index (χ1n) is 19.0. The summed E-state index contributed by atoms with van der Waals surface area (Å²) in [5, 5.41) is 6.28. The van der Waals surface area contributed by atoms with Gasteiger partial charge < -0.3 is 8.98 Å². The molecular weight excluding hydrogens is 645 g/mol. The fraction of sp³-hybridized carbons (Fsp3) is 0. The van der Waals surface area contributed by atoms with Crippen molar-refractivity contribution in [3.05, 3.63) is 158 Å². The van der Waals surface area contributed by atoms with Crippen LogP contribution < -0.4 is 0 Å². The largest absolute Gasteiger partial charge is 0.456 e. The maximum absolute atomic E-state index is 8.78. The van der Waals surface area contributed by atoms with Crippen molar-refractivity contribution in [3.8, 4) is 39.9 Å². The molecule has 6 heteroatoms. The number of fused-ring (bicyclic) bond motifs is 9. The van der Waals surface area contributed by atoms with Crippen LogP contribution in [0.2, 0.25) is 0 Å². The number of thiophene rings is 1. The molecule has 11 rings (SSSR count). The Morgan fingerprint density at radius 2 is 1.14 bits per heavy atom. The average molecular weight is 676 g/mol. The summed E-state index contributed by atoms with van der Waals surface area (Å²) in [6.07, 6.45) is 0. The fourth-order valence-corrected chi connectivity index (χ4v) is 8.44. The van der Waals surface area contributed by atoms with Gasteiger partial charge in [0.05, 0.1) is 17.9 Å². The van der Waals surface area contributed by atoms with Crippen LogP contribution in [0.15, 0.2) is 162 Å². The normalized spacial score (nSPS) is 13.3. The predicted octanol–water partition coefficient (Wildman–Crippen LogP) is 12.2. The van der Waals surface area contributed by atoms with Crippen molar-refractivity contribution >= 4 is 75.3 Å². The predicted molar refractivity (Wildman–Crippen MR) is 211 cm³/mol. The van der Waals surface area contributed by atoms with E-state index in [1.807, 2.05) is 42.5 Å². The monoisotopic (exact) mass is 675 g/mol. The van der Waals surface area contributed by atoms with Crippen LogP contribution in [-0.2, 0) is 0 Å². The average Bonchev–Trinajstić information content (AvgIpc) is 3.91. The number of benzene rings is 7. The summed E-state index contributed by atoms with van der Waals surface area (Å²) in [4.78, 5) is 14.6. The second-order valence-electron chi connectivity index (χ2n) is 12.4. The summed E-state index contributed by atoms with van der Waals surface area (Å²) in [6, 6.07) is 40.8. The van der Waals surface area contributed by atoms with Gasteiger partial charge in [-0.2, -0.15) is 0 Å². The maximum atomic E-state index is 8.78. The van der Waals surface area contributed by atoms with Gasteiger partial charge in [-0.3, -0.25) is 0 Å². The summed E-state index contributed by atoms with van der Waals surface area (Å²) < 4.78 is 53.5. The van der Waals surface area contributed by atoms with E-state index in [0.717, 1.165) is 58.8 Å². The van der Waals surface area contributed by atoms with Crippen LogP contribution in [0.3, 0.4) is 0 Å². The van der Waals surface area contributed by atoms with Crippen LogP contribution in [-0.4, -0.2) is 19.5 Å². The Morgan fingerprint density at radius 1 is 0.510 bits per heavy atom. The highest BCUT2D eigenvalue weighted by atomic mass is 32.1. The Morgan fingerprint density at radius 3 is 1.92 bits per heavy atom. The van der Waals surface area contributed by atoms with E-state index in [-0.39, 0.29) is 29.3 Å². The molecule has 7 aromatic carbocycles. The minimum Gasteiger partial charge on any atom is -0.456 e. The molecule has 0 fully saturated rings. The summed E-state index contributed by atoms with van der Waals surface area (Å²) in [5.41, 5.74) is 5.84. The summed E-state index contributed by atoms with van der Waals surface area (Å²) in [7, 11) is 0. The highest BCUT2D eigenvalue weighted by Gasteiger charge is 2.19. The quantitative estimate of drug-likeness (QED) is 0.186. The molecule has 5 nitrogen and oxygen atoms in total. The van der Waals surface area contributed by atoms with Crippen LogP contribution in [0.5, 0.6) is 0 Å². The molecule has 0 spiro atoms. The zero-order valence-corrected chi connectivity index (χ0v) is 27.5. The molecule has 51 heavy (non-hydrogen) atoms. The third-order valence-electron chi connectivity index (χ3n) is 9.56. The lowest BCUT2D eigenvalue weighted by Crippen LogP contribution is -2.00. The minimum atomic E-state index is -0.482. The highest BCUT2D eigenvalue weighted by Crippen LogP contribution is 2.40. The number of aromatic nitrogens is 4. The van der Waals surface area contributed by atoms with E-state index in [2.05, 4.69) is 89.5 Å². The van der Waals surface area contributed by atoms with E-state index in [9.17, 15) is 0 Å². The molecule has 0 N–H and O–H groups in total. The third-order valence-corrected chi connectivity index (χ3v) is 10.7. The molecule has 0 amide bonds. The van der Waals surface area contributed by atoms with Crippen LogP contribution in [0.25, 0.3) is 104 Å². The molecule has 0 atom stereocenters.